The fourth-order valence-corrected chi connectivity index (χ4v) is 14.9. The molecule has 2 heterocycles. The largest absolute Gasteiger partial charge is 0.390 e. The van der Waals surface area contributed by atoms with Crippen LogP contribution in [0.1, 0.15) is 126 Å². The third-order valence-corrected chi connectivity index (χ3v) is 17.5. The fraction of sp³-hybridized carbons (Fsp3) is 0.976. The molecule has 6 saturated carbocycles. The molecule has 2 N–H and O–H groups in total. The number of hydrogen-bond acceptors (Lipinski definition) is 8. The highest BCUT2D eigenvalue weighted by Gasteiger charge is 2.84. The van der Waals surface area contributed by atoms with Crippen LogP contribution in [-0.2, 0) is 23.7 Å². The molecule has 4 unspecified atom stereocenters. The summed E-state index contributed by atoms with van der Waals surface area (Å²) in [4.78, 5) is 15.0. The number of Topliss-reactive ketones (excluding diaryl/α,β-unsaturated/α-hetero) is 1. The van der Waals surface area contributed by atoms with E-state index in [1.165, 1.54) is 32.1 Å². The topological polar surface area (TPSA) is 97.7 Å². The molecule has 8 nitrogen and oxygen atoms in total. The van der Waals surface area contributed by atoms with E-state index in [2.05, 4.69) is 39.5 Å². The summed E-state index contributed by atoms with van der Waals surface area (Å²) in [5.74, 6) is 2.43. The average molecular weight is 700 g/mol. The van der Waals surface area contributed by atoms with Crippen LogP contribution in [0.15, 0.2) is 0 Å². The highest BCUT2D eigenvalue weighted by Crippen LogP contribution is 2.89. The number of ether oxygens (including phenoxy) is 4. The van der Waals surface area contributed by atoms with Crippen molar-refractivity contribution in [2.45, 2.75) is 168 Å². The minimum atomic E-state index is -1.02. The number of aliphatic hydroxyl groups is 2. The van der Waals surface area contributed by atoms with E-state index < -0.39 is 17.8 Å². The normalized spacial score (nSPS) is 50.6. The van der Waals surface area contributed by atoms with Gasteiger partial charge in [-0.05, 0) is 130 Å². The van der Waals surface area contributed by atoms with Gasteiger partial charge in [-0.15, -0.1) is 0 Å². The molecule has 8 heteroatoms. The van der Waals surface area contributed by atoms with Crippen LogP contribution in [0.2, 0.25) is 0 Å². The van der Waals surface area contributed by atoms with Crippen molar-refractivity contribution in [2.24, 2.45) is 56.7 Å². The highest BCUT2D eigenvalue weighted by atomic mass is 16.7. The zero-order valence-electron chi connectivity index (χ0n) is 32.5. The molecule has 2 saturated heterocycles. The molecule has 14 atom stereocenters. The Morgan fingerprint density at radius 2 is 1.74 bits per heavy atom. The van der Waals surface area contributed by atoms with Crippen molar-refractivity contribution in [3.63, 3.8) is 0 Å². The van der Waals surface area contributed by atoms with Crippen LogP contribution in [0.4, 0.5) is 0 Å². The summed E-state index contributed by atoms with van der Waals surface area (Å²) in [6.45, 7) is 21.1. The van der Waals surface area contributed by atoms with Crippen LogP contribution < -0.4 is 0 Å². The van der Waals surface area contributed by atoms with Gasteiger partial charge in [0.15, 0.2) is 6.29 Å². The van der Waals surface area contributed by atoms with Crippen molar-refractivity contribution in [1.29, 1.82) is 0 Å². The average Bonchev–Trinajstić information content (AvgIpc) is 3.64. The fourth-order valence-electron chi connectivity index (χ4n) is 14.9. The lowest BCUT2D eigenvalue weighted by atomic mass is 9.41. The number of morpholine rings is 1. The van der Waals surface area contributed by atoms with Crippen LogP contribution in [-0.4, -0.2) is 96.2 Å². The lowest BCUT2D eigenvalue weighted by Crippen LogP contribution is -2.60. The number of fused-ring (bicyclic) bond motifs is 4. The van der Waals surface area contributed by atoms with Gasteiger partial charge in [0.2, 0.25) is 0 Å². The third kappa shape index (κ3) is 5.03. The number of aliphatic hydroxyl groups excluding tert-OH is 1. The summed E-state index contributed by atoms with van der Waals surface area (Å²) in [7, 11) is 0. The van der Waals surface area contributed by atoms with Gasteiger partial charge in [-0.2, -0.15) is 0 Å². The van der Waals surface area contributed by atoms with E-state index >= 15 is 0 Å². The van der Waals surface area contributed by atoms with Crippen LogP contribution in [0.3, 0.4) is 0 Å². The standard InChI is InChI=1S/C42H69NO7/c1-9-47-36(38(5,6)46)28-21-25(2)33-34(49-28)35(45)40(8)30-14-13-29-37(3,4)31(15-16-41(29)24-42(30,41)18-17-39(33,40)7)50-32-23-43(19-20-48-32)22-27(44)26-11-10-12-26/h25-26,28-36,45-46H,9-24H2,1-8H3/t25-,28?,29+,30?,31+,32+,33+,34?,35+,36+,39-,40-,41-,42?/m1/s1. The number of carbonyl (C=O) groups is 1. The number of carbonyl (C=O) groups excluding carboxylic acids is 1. The smallest absolute Gasteiger partial charge is 0.170 e. The summed E-state index contributed by atoms with van der Waals surface area (Å²) in [6, 6.07) is 0. The van der Waals surface area contributed by atoms with E-state index in [1.807, 2.05) is 20.8 Å². The van der Waals surface area contributed by atoms with Gasteiger partial charge in [-0.1, -0.05) is 41.0 Å². The van der Waals surface area contributed by atoms with E-state index in [4.69, 9.17) is 18.9 Å². The first-order chi connectivity index (χ1) is 23.5. The Bertz CT molecular complexity index is 1310. The Hall–Kier alpha value is -0.610. The van der Waals surface area contributed by atoms with E-state index in [0.717, 1.165) is 45.1 Å². The molecule has 0 bridgehead atoms. The molecule has 8 rings (SSSR count). The van der Waals surface area contributed by atoms with Crippen molar-refractivity contribution in [2.75, 3.05) is 32.8 Å². The van der Waals surface area contributed by atoms with E-state index in [-0.39, 0.29) is 52.2 Å². The minimum Gasteiger partial charge on any atom is -0.390 e. The predicted molar refractivity (Wildman–Crippen MR) is 191 cm³/mol. The maximum Gasteiger partial charge on any atom is 0.170 e. The third-order valence-electron chi connectivity index (χ3n) is 17.5. The highest BCUT2D eigenvalue weighted by molar-refractivity contribution is 5.83. The maximum atomic E-state index is 12.8. The van der Waals surface area contributed by atoms with Gasteiger partial charge in [0.05, 0.1) is 49.7 Å². The molecule has 0 aromatic heterocycles. The molecule has 0 amide bonds. The zero-order valence-corrected chi connectivity index (χ0v) is 32.5. The van der Waals surface area contributed by atoms with Crippen LogP contribution in [0, 0.1) is 56.7 Å². The number of ketones is 1. The van der Waals surface area contributed by atoms with Crippen molar-refractivity contribution in [3.05, 3.63) is 0 Å². The van der Waals surface area contributed by atoms with Crippen molar-refractivity contribution in [1.82, 2.24) is 4.90 Å². The number of hydrogen-bond donors (Lipinski definition) is 2. The second kappa shape index (κ2) is 12.2. The molecule has 284 valence electrons. The molecule has 8 fully saturated rings. The van der Waals surface area contributed by atoms with Crippen molar-refractivity contribution >= 4 is 5.78 Å². The Morgan fingerprint density at radius 1 is 1.02 bits per heavy atom. The van der Waals surface area contributed by atoms with Gasteiger partial charge >= 0.3 is 0 Å². The van der Waals surface area contributed by atoms with Crippen LogP contribution in [0.25, 0.3) is 0 Å². The second-order valence-corrected chi connectivity index (χ2v) is 20.3. The van der Waals surface area contributed by atoms with E-state index in [0.29, 0.717) is 61.2 Å². The summed E-state index contributed by atoms with van der Waals surface area (Å²) < 4.78 is 26.2. The van der Waals surface area contributed by atoms with Crippen LogP contribution >= 0.6 is 0 Å². The van der Waals surface area contributed by atoms with Crippen LogP contribution in [0.5, 0.6) is 0 Å². The predicted octanol–water partition coefficient (Wildman–Crippen LogP) is 6.39. The first-order valence-corrected chi connectivity index (χ1v) is 20.7. The Balaban J connectivity index is 0.991. The van der Waals surface area contributed by atoms with Gasteiger partial charge in [-0.3, -0.25) is 9.69 Å². The molecule has 50 heavy (non-hydrogen) atoms. The summed E-state index contributed by atoms with van der Waals surface area (Å²) in [5.41, 5.74) is -0.606. The number of rotatable bonds is 9. The van der Waals surface area contributed by atoms with E-state index in [9.17, 15) is 15.0 Å². The SMILES string of the molecule is CCO[C@@H](C1C[C@@H](C)[C@H]2C(O1)[C@H](O)[C@@]1(C)C3CC[C@H]4C(C)(C)[C@@H](O[C@H]5CN(CC(=O)C6CCC6)CCO5)CC[C@@]45CC35CC[C@]21C)C(C)(C)O. The monoisotopic (exact) mass is 700 g/mol. The lowest BCUT2D eigenvalue weighted by molar-refractivity contribution is -0.248. The van der Waals surface area contributed by atoms with Gasteiger partial charge in [0.25, 0.3) is 0 Å². The molecule has 8 aliphatic rings. The van der Waals surface area contributed by atoms with Gasteiger partial charge in [-0.25, -0.2) is 0 Å². The Labute approximate surface area is 302 Å². The molecule has 0 aromatic rings. The molecule has 6 aliphatic carbocycles. The second-order valence-electron chi connectivity index (χ2n) is 20.3. The molecular weight excluding hydrogens is 630 g/mol. The molecule has 2 aliphatic heterocycles. The summed E-state index contributed by atoms with van der Waals surface area (Å²) in [6.07, 6.45) is 10.9. The van der Waals surface area contributed by atoms with E-state index in [1.54, 1.807) is 0 Å². The Morgan fingerprint density at radius 3 is 2.42 bits per heavy atom. The summed E-state index contributed by atoms with van der Waals surface area (Å²) >= 11 is 0. The molecule has 0 radical (unpaired) electrons. The van der Waals surface area contributed by atoms with Crippen molar-refractivity contribution < 1.29 is 34.0 Å². The molecule has 2 spiro atoms. The Kier molecular flexibility index (Phi) is 8.87. The van der Waals surface area contributed by atoms with Crippen molar-refractivity contribution in [3.8, 4) is 0 Å². The zero-order chi connectivity index (χ0) is 35.6. The first-order valence-electron chi connectivity index (χ1n) is 20.7. The van der Waals surface area contributed by atoms with Gasteiger partial charge in [0, 0.05) is 24.5 Å². The summed E-state index contributed by atoms with van der Waals surface area (Å²) in [5, 5.41) is 23.7. The number of nitrogens with zero attached hydrogens (tertiary/aromatic N) is 1. The van der Waals surface area contributed by atoms with Gasteiger partial charge in [0.1, 0.15) is 11.9 Å². The molecule has 0 aromatic carbocycles. The lowest BCUT2D eigenvalue weighted by Gasteiger charge is -2.64. The quantitative estimate of drug-likeness (QED) is 0.286. The minimum absolute atomic E-state index is 0.00386. The molecular formula is C42H69NO7. The van der Waals surface area contributed by atoms with Gasteiger partial charge < -0.3 is 29.2 Å². The first kappa shape index (κ1) is 36.4. The maximum absolute atomic E-state index is 12.8.